The van der Waals surface area contributed by atoms with Gasteiger partial charge in [0.25, 0.3) is 5.91 Å². The van der Waals surface area contributed by atoms with Crippen LogP contribution < -0.4 is 5.32 Å². The number of rotatable bonds is 5. The van der Waals surface area contributed by atoms with Crippen molar-refractivity contribution in [3.05, 3.63) is 51.8 Å². The maximum absolute atomic E-state index is 12.2. The number of aryl methyl sites for hydroxylation is 1. The van der Waals surface area contributed by atoms with Gasteiger partial charge in [0.15, 0.2) is 0 Å². The third kappa shape index (κ3) is 3.46. The highest BCUT2D eigenvalue weighted by atomic mass is 32.1. The van der Waals surface area contributed by atoms with Gasteiger partial charge in [0.1, 0.15) is 6.04 Å². The van der Waals surface area contributed by atoms with Gasteiger partial charge in [-0.25, -0.2) is 0 Å². The Bertz CT molecular complexity index is 913. The van der Waals surface area contributed by atoms with Crippen molar-refractivity contribution < 1.29 is 9.32 Å². The summed E-state index contributed by atoms with van der Waals surface area (Å²) in [6, 6.07) is 7.27. The molecular formula is C18H18N4O2S. The van der Waals surface area contributed by atoms with Gasteiger partial charge in [0, 0.05) is 28.2 Å². The first kappa shape index (κ1) is 16.0. The molecule has 0 saturated heterocycles. The third-order valence-electron chi connectivity index (χ3n) is 4.16. The molecule has 1 atom stereocenters. The summed E-state index contributed by atoms with van der Waals surface area (Å²) < 4.78 is 5.35. The van der Waals surface area contributed by atoms with E-state index in [0.29, 0.717) is 22.5 Å². The normalized spacial score (nSPS) is 15.1. The molecule has 1 fully saturated rings. The van der Waals surface area contributed by atoms with Gasteiger partial charge in [-0.2, -0.15) is 4.98 Å². The van der Waals surface area contributed by atoms with Crippen molar-refractivity contribution in [2.45, 2.75) is 38.6 Å². The molecule has 0 bridgehead atoms. The maximum Gasteiger partial charge on any atom is 0.261 e. The van der Waals surface area contributed by atoms with Crippen LogP contribution in [0.2, 0.25) is 0 Å². The van der Waals surface area contributed by atoms with Crippen LogP contribution in [-0.4, -0.2) is 21.0 Å². The van der Waals surface area contributed by atoms with Crippen LogP contribution in [0.3, 0.4) is 0 Å². The Morgan fingerprint density at radius 1 is 1.36 bits per heavy atom. The molecule has 1 aliphatic rings. The van der Waals surface area contributed by atoms with E-state index in [2.05, 4.69) is 20.4 Å². The smallest absolute Gasteiger partial charge is 0.261 e. The lowest BCUT2D eigenvalue weighted by molar-refractivity contribution is 0.0936. The van der Waals surface area contributed by atoms with Crippen molar-refractivity contribution in [3.8, 4) is 11.4 Å². The van der Waals surface area contributed by atoms with E-state index in [1.807, 2.05) is 38.1 Å². The van der Waals surface area contributed by atoms with Crippen molar-refractivity contribution in [2.75, 3.05) is 0 Å². The fourth-order valence-electron chi connectivity index (χ4n) is 2.60. The van der Waals surface area contributed by atoms with E-state index >= 15 is 0 Å². The number of carbonyl (C=O) groups excluding carboxylic acids is 1. The van der Waals surface area contributed by atoms with E-state index in [-0.39, 0.29) is 11.9 Å². The molecule has 25 heavy (non-hydrogen) atoms. The van der Waals surface area contributed by atoms with E-state index in [4.69, 9.17) is 4.52 Å². The second kappa shape index (κ2) is 6.40. The van der Waals surface area contributed by atoms with Gasteiger partial charge < -0.3 is 9.84 Å². The van der Waals surface area contributed by atoms with Crippen molar-refractivity contribution in [3.63, 3.8) is 0 Å². The van der Waals surface area contributed by atoms with E-state index in [1.54, 1.807) is 6.20 Å². The highest BCUT2D eigenvalue weighted by Gasteiger charge is 2.25. The number of carbonyl (C=O) groups is 1. The molecule has 1 saturated carbocycles. The molecule has 6 nitrogen and oxygen atoms in total. The second-order valence-corrected chi connectivity index (χ2v) is 7.59. The third-order valence-corrected chi connectivity index (χ3v) is 5.16. The zero-order chi connectivity index (χ0) is 17.4. The lowest BCUT2D eigenvalue weighted by atomic mass is 10.2. The Kier molecular flexibility index (Phi) is 4.09. The van der Waals surface area contributed by atoms with E-state index in [1.165, 1.54) is 24.2 Å². The Labute approximate surface area is 149 Å². The first-order valence-electron chi connectivity index (χ1n) is 8.27. The molecule has 1 amide bonds. The van der Waals surface area contributed by atoms with Crippen molar-refractivity contribution in [1.82, 2.24) is 20.4 Å². The SMILES string of the molecule is Cc1ccc(C(=O)N[C@@H](C)c2nc(-c3ccnc(C4CC4)c3)no2)s1. The number of aromatic nitrogens is 3. The zero-order valence-corrected chi connectivity index (χ0v) is 14.8. The zero-order valence-electron chi connectivity index (χ0n) is 14.0. The summed E-state index contributed by atoms with van der Waals surface area (Å²) in [5.74, 6) is 1.35. The molecule has 0 aliphatic heterocycles. The second-order valence-electron chi connectivity index (χ2n) is 6.31. The summed E-state index contributed by atoms with van der Waals surface area (Å²) in [7, 11) is 0. The van der Waals surface area contributed by atoms with Gasteiger partial charge in [-0.15, -0.1) is 11.3 Å². The minimum atomic E-state index is -0.360. The average molecular weight is 354 g/mol. The molecule has 7 heteroatoms. The average Bonchev–Trinajstić information content (AvgIpc) is 3.17. The van der Waals surface area contributed by atoms with Crippen LogP contribution in [0.4, 0.5) is 0 Å². The Morgan fingerprint density at radius 3 is 2.92 bits per heavy atom. The summed E-state index contributed by atoms with van der Waals surface area (Å²) in [6.45, 7) is 3.80. The molecule has 4 rings (SSSR count). The summed E-state index contributed by atoms with van der Waals surface area (Å²) in [6.07, 6.45) is 4.17. The summed E-state index contributed by atoms with van der Waals surface area (Å²) in [4.78, 5) is 22.9. The topological polar surface area (TPSA) is 80.9 Å². The fourth-order valence-corrected chi connectivity index (χ4v) is 3.37. The van der Waals surface area contributed by atoms with Gasteiger partial charge in [-0.05, 0) is 51.0 Å². The first-order chi connectivity index (χ1) is 12.1. The number of nitrogens with one attached hydrogen (secondary N) is 1. The molecule has 1 N–H and O–H groups in total. The molecular weight excluding hydrogens is 336 g/mol. The Balaban J connectivity index is 1.48. The number of hydrogen-bond acceptors (Lipinski definition) is 6. The minimum Gasteiger partial charge on any atom is -0.340 e. The van der Waals surface area contributed by atoms with Crippen molar-refractivity contribution >= 4 is 17.2 Å². The number of amides is 1. The van der Waals surface area contributed by atoms with Crippen LogP contribution >= 0.6 is 11.3 Å². The predicted molar refractivity (Wildman–Crippen MR) is 94.4 cm³/mol. The highest BCUT2D eigenvalue weighted by Crippen LogP contribution is 2.39. The first-order valence-corrected chi connectivity index (χ1v) is 9.09. The maximum atomic E-state index is 12.2. The summed E-state index contributed by atoms with van der Waals surface area (Å²) in [5, 5.41) is 6.94. The van der Waals surface area contributed by atoms with Crippen LogP contribution in [-0.2, 0) is 0 Å². The summed E-state index contributed by atoms with van der Waals surface area (Å²) in [5.41, 5.74) is 1.97. The van der Waals surface area contributed by atoms with Crippen LogP contribution in [0.15, 0.2) is 35.0 Å². The molecule has 0 radical (unpaired) electrons. The van der Waals surface area contributed by atoms with Crippen molar-refractivity contribution in [1.29, 1.82) is 0 Å². The molecule has 3 heterocycles. The van der Waals surface area contributed by atoms with Gasteiger partial charge in [0.2, 0.25) is 11.7 Å². The quantitative estimate of drug-likeness (QED) is 0.752. The van der Waals surface area contributed by atoms with E-state index < -0.39 is 0 Å². The number of hydrogen-bond donors (Lipinski definition) is 1. The molecule has 0 aromatic carbocycles. The standard InChI is InChI=1S/C18H18N4O2S/c1-10-3-6-15(25-10)17(23)20-11(2)18-21-16(22-24-18)13-7-8-19-14(9-13)12-4-5-12/h3,6-9,11-12H,4-5H2,1-2H3,(H,20,23)/t11-/m0/s1. The van der Waals surface area contributed by atoms with Crippen LogP contribution in [0, 0.1) is 6.92 Å². The molecule has 1 aliphatic carbocycles. The summed E-state index contributed by atoms with van der Waals surface area (Å²) >= 11 is 1.46. The number of nitrogens with zero attached hydrogens (tertiary/aromatic N) is 3. The Morgan fingerprint density at radius 2 is 2.20 bits per heavy atom. The molecule has 3 aromatic heterocycles. The monoisotopic (exact) mass is 354 g/mol. The number of thiophene rings is 1. The molecule has 128 valence electrons. The largest absolute Gasteiger partial charge is 0.340 e. The highest BCUT2D eigenvalue weighted by molar-refractivity contribution is 7.13. The van der Waals surface area contributed by atoms with Gasteiger partial charge in [-0.3, -0.25) is 9.78 Å². The Hall–Kier alpha value is -2.54. The molecule has 0 unspecified atom stereocenters. The van der Waals surface area contributed by atoms with Crippen LogP contribution in [0.1, 0.15) is 57.9 Å². The fraction of sp³-hybridized carbons (Fsp3) is 0.333. The van der Waals surface area contributed by atoms with Crippen LogP contribution in [0.5, 0.6) is 0 Å². The lowest BCUT2D eigenvalue weighted by Gasteiger charge is -2.08. The van der Waals surface area contributed by atoms with Gasteiger partial charge in [-0.1, -0.05) is 5.16 Å². The lowest BCUT2D eigenvalue weighted by Crippen LogP contribution is -2.26. The van der Waals surface area contributed by atoms with E-state index in [9.17, 15) is 4.79 Å². The van der Waals surface area contributed by atoms with Gasteiger partial charge in [0.05, 0.1) is 4.88 Å². The van der Waals surface area contributed by atoms with Crippen LogP contribution in [0.25, 0.3) is 11.4 Å². The minimum absolute atomic E-state index is 0.134. The molecule has 3 aromatic rings. The van der Waals surface area contributed by atoms with Gasteiger partial charge >= 0.3 is 0 Å². The number of pyridine rings is 1. The van der Waals surface area contributed by atoms with Crippen molar-refractivity contribution in [2.24, 2.45) is 0 Å². The predicted octanol–water partition coefficient (Wildman–Crippen LogP) is 3.87. The van der Waals surface area contributed by atoms with E-state index in [0.717, 1.165) is 16.1 Å². The molecule has 0 spiro atoms.